The van der Waals surface area contributed by atoms with Gasteiger partial charge in [-0.3, -0.25) is 4.79 Å². The molecule has 0 aliphatic rings. The molecule has 0 aliphatic carbocycles. The lowest BCUT2D eigenvalue weighted by atomic mass is 9.98. The van der Waals surface area contributed by atoms with Crippen LogP contribution in [-0.4, -0.2) is 29.7 Å². The van der Waals surface area contributed by atoms with Crippen LogP contribution in [0.1, 0.15) is 47.5 Å². The molecule has 0 aliphatic heterocycles. The average Bonchev–Trinajstić information content (AvgIpc) is 2.31. The number of rotatable bonds is 8. The van der Waals surface area contributed by atoms with E-state index in [0.29, 0.717) is 30.4 Å². The van der Waals surface area contributed by atoms with Crippen LogP contribution in [0.3, 0.4) is 0 Å². The third-order valence-electron chi connectivity index (χ3n) is 2.90. The van der Waals surface area contributed by atoms with E-state index < -0.39 is 6.10 Å². The second-order valence-electron chi connectivity index (χ2n) is 5.93. The molecule has 0 aromatic rings. The highest BCUT2D eigenvalue weighted by atomic mass is 16.3. The summed E-state index contributed by atoms with van der Waals surface area (Å²) in [7, 11) is 0. The molecule has 0 spiro atoms. The van der Waals surface area contributed by atoms with E-state index in [1.54, 1.807) is 6.08 Å². The molecule has 0 unspecified atom stereocenters. The minimum absolute atomic E-state index is 0.105. The van der Waals surface area contributed by atoms with Crippen molar-refractivity contribution in [1.29, 1.82) is 0 Å². The lowest BCUT2D eigenvalue weighted by Crippen LogP contribution is -2.36. The quantitative estimate of drug-likeness (QED) is 0.589. The Kier molecular flexibility index (Phi) is 8.68. The maximum atomic E-state index is 11.9. The number of carbonyl (C=O) groups excluding carboxylic acids is 1. The van der Waals surface area contributed by atoms with E-state index in [9.17, 15) is 9.90 Å². The van der Waals surface area contributed by atoms with E-state index in [1.807, 2.05) is 20.8 Å². The van der Waals surface area contributed by atoms with E-state index in [2.05, 4.69) is 19.2 Å². The largest absolute Gasteiger partial charge is 0.387 e. The third kappa shape index (κ3) is 8.01. The molecule has 0 saturated carbocycles. The summed E-state index contributed by atoms with van der Waals surface area (Å²) in [5.41, 5.74) is 6.52. The van der Waals surface area contributed by atoms with Crippen molar-refractivity contribution in [2.45, 2.75) is 59.6 Å². The highest BCUT2D eigenvalue weighted by Gasteiger charge is 2.16. The van der Waals surface area contributed by atoms with Crippen LogP contribution in [0.2, 0.25) is 0 Å². The fourth-order valence-electron chi connectivity index (χ4n) is 1.78. The van der Waals surface area contributed by atoms with Gasteiger partial charge >= 0.3 is 0 Å². The van der Waals surface area contributed by atoms with Crippen LogP contribution in [0.25, 0.3) is 0 Å². The number of aliphatic hydroxyl groups excluding tert-OH is 1. The van der Waals surface area contributed by atoms with Gasteiger partial charge in [0.25, 0.3) is 0 Å². The molecule has 19 heavy (non-hydrogen) atoms. The minimum Gasteiger partial charge on any atom is -0.387 e. The molecule has 0 bridgehead atoms. The zero-order chi connectivity index (χ0) is 15.0. The minimum atomic E-state index is -0.762. The van der Waals surface area contributed by atoms with Gasteiger partial charge in [-0.15, -0.1) is 0 Å². The SMILES string of the molecule is CC/C(=C/[C@H](O)[C@@H](N)CC(C)C)C(=O)NCC(C)C. The van der Waals surface area contributed by atoms with Crippen LogP contribution in [0.5, 0.6) is 0 Å². The maximum absolute atomic E-state index is 11.9. The Morgan fingerprint density at radius 3 is 2.26 bits per heavy atom. The molecule has 4 N–H and O–H groups in total. The summed E-state index contributed by atoms with van der Waals surface area (Å²) in [6, 6.07) is -0.320. The predicted octanol–water partition coefficient (Wildman–Crippen LogP) is 1.83. The van der Waals surface area contributed by atoms with Gasteiger partial charge in [0.05, 0.1) is 6.10 Å². The van der Waals surface area contributed by atoms with Crippen molar-refractivity contribution in [3.05, 3.63) is 11.6 Å². The van der Waals surface area contributed by atoms with Gasteiger partial charge in [-0.1, -0.05) is 34.6 Å². The molecule has 112 valence electrons. The monoisotopic (exact) mass is 270 g/mol. The van der Waals surface area contributed by atoms with Gasteiger partial charge in [0.15, 0.2) is 0 Å². The highest BCUT2D eigenvalue weighted by molar-refractivity contribution is 5.93. The zero-order valence-corrected chi connectivity index (χ0v) is 12.9. The summed E-state index contributed by atoms with van der Waals surface area (Å²) in [5.74, 6) is 0.736. The molecule has 1 amide bonds. The predicted molar refractivity (Wildman–Crippen MR) is 79.7 cm³/mol. The molecule has 0 fully saturated rings. The third-order valence-corrected chi connectivity index (χ3v) is 2.90. The molecular formula is C15H30N2O2. The Balaban J connectivity index is 4.56. The van der Waals surface area contributed by atoms with Gasteiger partial charge in [-0.25, -0.2) is 0 Å². The Morgan fingerprint density at radius 1 is 1.26 bits per heavy atom. The summed E-state index contributed by atoms with van der Waals surface area (Å²) in [6.07, 6.45) is 2.17. The van der Waals surface area contributed by atoms with Gasteiger partial charge < -0.3 is 16.2 Å². The Labute approximate surface area is 117 Å². The summed E-state index contributed by atoms with van der Waals surface area (Å²) in [5, 5.41) is 12.9. The number of amides is 1. The fraction of sp³-hybridized carbons (Fsp3) is 0.800. The molecule has 0 heterocycles. The zero-order valence-electron chi connectivity index (χ0n) is 12.9. The molecule has 0 saturated heterocycles. The topological polar surface area (TPSA) is 75.3 Å². The summed E-state index contributed by atoms with van der Waals surface area (Å²) in [6.45, 7) is 10.8. The lowest BCUT2D eigenvalue weighted by Gasteiger charge is -2.19. The van der Waals surface area contributed by atoms with Crippen LogP contribution in [0, 0.1) is 11.8 Å². The van der Waals surface area contributed by atoms with Gasteiger partial charge in [-0.2, -0.15) is 0 Å². The van der Waals surface area contributed by atoms with Crippen LogP contribution in [-0.2, 0) is 4.79 Å². The van der Waals surface area contributed by atoms with Crippen LogP contribution in [0.15, 0.2) is 11.6 Å². The Morgan fingerprint density at radius 2 is 1.84 bits per heavy atom. The van der Waals surface area contributed by atoms with Crippen molar-refractivity contribution in [1.82, 2.24) is 5.32 Å². The average molecular weight is 270 g/mol. The smallest absolute Gasteiger partial charge is 0.246 e. The van der Waals surface area contributed by atoms with Crippen molar-refractivity contribution < 1.29 is 9.90 Å². The van der Waals surface area contributed by atoms with E-state index in [-0.39, 0.29) is 11.9 Å². The van der Waals surface area contributed by atoms with Crippen LogP contribution in [0.4, 0.5) is 0 Å². The van der Waals surface area contributed by atoms with Gasteiger partial charge in [-0.05, 0) is 30.8 Å². The van der Waals surface area contributed by atoms with Crippen LogP contribution >= 0.6 is 0 Å². The number of aliphatic hydroxyl groups is 1. The van der Waals surface area contributed by atoms with Gasteiger partial charge in [0.1, 0.15) is 0 Å². The highest BCUT2D eigenvalue weighted by Crippen LogP contribution is 2.10. The summed E-state index contributed by atoms with van der Waals surface area (Å²) in [4.78, 5) is 11.9. The van der Waals surface area contributed by atoms with Crippen molar-refractivity contribution in [3.8, 4) is 0 Å². The first-order valence-corrected chi connectivity index (χ1v) is 7.20. The van der Waals surface area contributed by atoms with Crippen LogP contribution < -0.4 is 11.1 Å². The first-order chi connectivity index (χ1) is 8.77. The number of hydrogen-bond donors (Lipinski definition) is 3. The molecule has 2 atom stereocenters. The second-order valence-corrected chi connectivity index (χ2v) is 5.93. The number of hydrogen-bond acceptors (Lipinski definition) is 3. The van der Waals surface area contributed by atoms with E-state index >= 15 is 0 Å². The first kappa shape index (κ1) is 18.1. The number of carbonyl (C=O) groups is 1. The van der Waals surface area contributed by atoms with Crippen molar-refractivity contribution in [2.75, 3.05) is 6.54 Å². The van der Waals surface area contributed by atoms with Crippen molar-refractivity contribution in [2.24, 2.45) is 17.6 Å². The standard InChI is InChI=1S/C15H30N2O2/c1-6-12(15(19)17-9-11(4)5)8-14(18)13(16)7-10(2)3/h8,10-11,13-14,18H,6-7,9,16H2,1-5H3,(H,17,19)/b12-8-/t13-,14-/m0/s1. The fourth-order valence-corrected chi connectivity index (χ4v) is 1.78. The Bertz CT molecular complexity index is 299. The lowest BCUT2D eigenvalue weighted by molar-refractivity contribution is -0.117. The van der Waals surface area contributed by atoms with Crippen molar-refractivity contribution >= 4 is 5.91 Å². The first-order valence-electron chi connectivity index (χ1n) is 7.20. The van der Waals surface area contributed by atoms with E-state index in [1.165, 1.54) is 0 Å². The normalized spacial score (nSPS) is 15.7. The second kappa shape index (κ2) is 9.10. The van der Waals surface area contributed by atoms with Crippen molar-refractivity contribution in [3.63, 3.8) is 0 Å². The van der Waals surface area contributed by atoms with E-state index in [0.717, 1.165) is 6.42 Å². The molecule has 0 radical (unpaired) electrons. The maximum Gasteiger partial charge on any atom is 0.246 e. The van der Waals surface area contributed by atoms with E-state index in [4.69, 9.17) is 5.73 Å². The number of nitrogens with two attached hydrogens (primary N) is 1. The molecule has 0 aromatic heterocycles. The van der Waals surface area contributed by atoms with Gasteiger partial charge in [0.2, 0.25) is 5.91 Å². The molecule has 4 heteroatoms. The summed E-state index contributed by atoms with van der Waals surface area (Å²) < 4.78 is 0. The molecule has 4 nitrogen and oxygen atoms in total. The molecule has 0 aromatic carbocycles. The molecule has 0 rings (SSSR count). The Hall–Kier alpha value is -0.870. The number of nitrogens with one attached hydrogen (secondary N) is 1. The summed E-state index contributed by atoms with van der Waals surface area (Å²) >= 11 is 0. The molecular weight excluding hydrogens is 240 g/mol. The van der Waals surface area contributed by atoms with Gasteiger partial charge in [0, 0.05) is 18.2 Å².